The van der Waals surface area contributed by atoms with Crippen LogP contribution in [0, 0.1) is 5.82 Å². The van der Waals surface area contributed by atoms with Gasteiger partial charge in [0, 0.05) is 37.5 Å². The third kappa shape index (κ3) is 7.75. The van der Waals surface area contributed by atoms with Crippen LogP contribution in [0.4, 0.5) is 4.39 Å². The molecular weight excluding hydrogens is 577 g/mol. The Morgan fingerprint density at radius 3 is 2.09 bits per heavy atom. The number of carbonyl (C=O) groups is 1. The maximum atomic E-state index is 16.5. The average molecular weight is 618 g/mol. The Labute approximate surface area is 262 Å². The summed E-state index contributed by atoms with van der Waals surface area (Å²) in [6.07, 6.45) is 3.83. The Balaban J connectivity index is 1.45. The van der Waals surface area contributed by atoms with Gasteiger partial charge < -0.3 is 33.7 Å². The van der Waals surface area contributed by atoms with E-state index in [0.29, 0.717) is 30.1 Å². The fourth-order valence-corrected chi connectivity index (χ4v) is 5.50. The van der Waals surface area contributed by atoms with E-state index in [0.717, 1.165) is 30.8 Å². The molecule has 10 heteroatoms. The molecule has 1 saturated heterocycles. The van der Waals surface area contributed by atoms with Crippen LogP contribution in [0.3, 0.4) is 0 Å². The van der Waals surface area contributed by atoms with Gasteiger partial charge in [0.05, 0.1) is 31.5 Å². The zero-order valence-corrected chi connectivity index (χ0v) is 26.1. The van der Waals surface area contributed by atoms with Crippen LogP contribution in [0.1, 0.15) is 36.5 Å². The van der Waals surface area contributed by atoms with Crippen molar-refractivity contribution >= 4 is 16.8 Å². The number of aromatic nitrogens is 1. The fourth-order valence-electron chi connectivity index (χ4n) is 5.50. The number of aryl methyl sites for hydroxylation is 1. The number of halogens is 1. The normalized spacial score (nSPS) is 13.2. The third-order valence-corrected chi connectivity index (χ3v) is 8.04. The summed E-state index contributed by atoms with van der Waals surface area (Å²) in [6, 6.07) is 16.2. The largest absolute Gasteiger partial charge is 0.497 e. The second kappa shape index (κ2) is 14.9. The lowest BCUT2D eigenvalue weighted by Crippen LogP contribution is -2.35. The second-order valence-electron chi connectivity index (χ2n) is 11.0. The Kier molecular flexibility index (Phi) is 10.6. The van der Waals surface area contributed by atoms with Gasteiger partial charge in [-0.05, 0) is 68.2 Å². The number of pyridine rings is 1. The predicted molar refractivity (Wildman–Crippen MR) is 171 cm³/mol. The molecule has 9 nitrogen and oxygen atoms in total. The van der Waals surface area contributed by atoms with Gasteiger partial charge in [0.15, 0.2) is 22.7 Å². The Hall–Kier alpha value is -4.57. The number of hydrogen-bond acceptors (Lipinski definition) is 7. The molecule has 1 aliphatic rings. The number of carbonyl (C=O) groups excluding carboxylic acids is 1. The van der Waals surface area contributed by atoms with Crippen molar-refractivity contribution in [3.8, 4) is 23.0 Å². The summed E-state index contributed by atoms with van der Waals surface area (Å²) >= 11 is 0. The Bertz CT molecular complexity index is 1660. The Morgan fingerprint density at radius 2 is 1.51 bits per heavy atom. The number of nitrogens with zero attached hydrogens (tertiary/aromatic N) is 2. The molecule has 238 valence electrons. The molecule has 0 radical (unpaired) electrons. The molecule has 1 amide bonds. The molecule has 2 heterocycles. The van der Waals surface area contributed by atoms with Gasteiger partial charge in [0.1, 0.15) is 24.7 Å². The Morgan fingerprint density at radius 1 is 0.911 bits per heavy atom. The molecule has 0 atom stereocenters. The first-order valence-electron chi connectivity index (χ1n) is 15.3. The standard InChI is InChI=1S/C35H40FN3O6/c1-4-39-21-26(19-31(40)37-15-18-38-16-5-6-17-38)34(41)32-29(39)20-30(44-22-24-7-11-27(42-2)12-8-24)35(33(32)36)45-23-25-9-13-28(43-3)14-10-25/h7-14,20-21H,4-6,15-19,22-23H2,1-3H3,(H,37,40). The number of hydrogen-bond donors (Lipinski definition) is 1. The van der Waals surface area contributed by atoms with Gasteiger partial charge in [-0.1, -0.05) is 24.3 Å². The molecular formula is C35H40FN3O6. The molecule has 5 rings (SSSR count). The fraction of sp³-hybridized carbons (Fsp3) is 0.371. The number of likely N-dealkylation sites (tertiary alicyclic amines) is 1. The maximum absolute atomic E-state index is 16.5. The zero-order valence-electron chi connectivity index (χ0n) is 26.1. The van der Waals surface area contributed by atoms with Crippen molar-refractivity contribution < 1.29 is 28.1 Å². The molecule has 1 aromatic heterocycles. The molecule has 45 heavy (non-hydrogen) atoms. The van der Waals surface area contributed by atoms with Crippen LogP contribution in [0.15, 0.2) is 65.6 Å². The van der Waals surface area contributed by atoms with E-state index in [1.165, 1.54) is 12.8 Å². The number of amides is 1. The van der Waals surface area contributed by atoms with E-state index in [-0.39, 0.29) is 48.0 Å². The van der Waals surface area contributed by atoms with Crippen molar-refractivity contribution in [2.45, 2.75) is 45.9 Å². The van der Waals surface area contributed by atoms with Gasteiger partial charge in [-0.2, -0.15) is 0 Å². The maximum Gasteiger partial charge on any atom is 0.224 e. The minimum Gasteiger partial charge on any atom is -0.497 e. The molecule has 4 aromatic rings. The third-order valence-electron chi connectivity index (χ3n) is 8.04. The lowest BCUT2D eigenvalue weighted by molar-refractivity contribution is -0.120. The summed E-state index contributed by atoms with van der Waals surface area (Å²) in [7, 11) is 3.18. The first-order valence-corrected chi connectivity index (χ1v) is 15.3. The molecule has 1 N–H and O–H groups in total. The smallest absolute Gasteiger partial charge is 0.224 e. The first kappa shape index (κ1) is 31.8. The predicted octanol–water partition coefficient (Wildman–Crippen LogP) is 5.09. The molecule has 0 bridgehead atoms. The summed E-state index contributed by atoms with van der Waals surface area (Å²) in [6.45, 7) is 5.86. The summed E-state index contributed by atoms with van der Waals surface area (Å²) in [4.78, 5) is 28.8. The number of benzene rings is 3. The zero-order chi connectivity index (χ0) is 31.8. The van der Waals surface area contributed by atoms with Crippen molar-refractivity contribution in [1.29, 1.82) is 0 Å². The van der Waals surface area contributed by atoms with Gasteiger partial charge in [0.25, 0.3) is 0 Å². The van der Waals surface area contributed by atoms with Gasteiger partial charge in [-0.25, -0.2) is 4.39 Å². The SMILES string of the molecule is CCn1cc(CC(=O)NCCN2CCCC2)c(=O)c2c(F)c(OCc3ccc(OC)cc3)c(OCc3ccc(OC)cc3)cc21. The second-order valence-corrected chi connectivity index (χ2v) is 11.0. The van der Waals surface area contributed by atoms with E-state index in [4.69, 9.17) is 18.9 Å². The summed E-state index contributed by atoms with van der Waals surface area (Å²) in [5.41, 5.74) is 1.66. The van der Waals surface area contributed by atoms with E-state index < -0.39 is 11.2 Å². The minimum absolute atomic E-state index is 0.0341. The number of fused-ring (bicyclic) bond motifs is 1. The highest BCUT2D eigenvalue weighted by molar-refractivity contribution is 5.86. The topological polar surface area (TPSA) is 91.3 Å². The van der Waals surface area contributed by atoms with Crippen molar-refractivity contribution in [2.24, 2.45) is 0 Å². The molecule has 0 unspecified atom stereocenters. The highest BCUT2D eigenvalue weighted by Crippen LogP contribution is 2.37. The summed E-state index contributed by atoms with van der Waals surface area (Å²) < 4.78 is 40.9. The lowest BCUT2D eigenvalue weighted by atomic mass is 10.1. The van der Waals surface area contributed by atoms with Gasteiger partial charge in [-0.15, -0.1) is 0 Å². The van der Waals surface area contributed by atoms with Crippen LogP contribution in [-0.2, 0) is 31.0 Å². The van der Waals surface area contributed by atoms with E-state index in [1.807, 2.05) is 43.3 Å². The first-order chi connectivity index (χ1) is 21.9. The van der Waals surface area contributed by atoms with E-state index >= 15 is 4.39 Å². The molecule has 0 saturated carbocycles. The average Bonchev–Trinajstić information content (AvgIpc) is 3.58. The molecule has 1 aliphatic heterocycles. The van der Waals surface area contributed by atoms with E-state index in [9.17, 15) is 9.59 Å². The van der Waals surface area contributed by atoms with E-state index in [2.05, 4.69) is 10.2 Å². The molecule has 3 aromatic carbocycles. The number of nitrogens with one attached hydrogen (secondary N) is 1. The monoisotopic (exact) mass is 617 g/mol. The number of methoxy groups -OCH3 is 2. The van der Waals surface area contributed by atoms with Crippen LogP contribution in [-0.4, -0.2) is 55.8 Å². The molecule has 1 fully saturated rings. The van der Waals surface area contributed by atoms with Gasteiger partial charge in [0.2, 0.25) is 5.91 Å². The van der Waals surface area contributed by atoms with Crippen molar-refractivity contribution in [3.05, 3.63) is 93.5 Å². The van der Waals surface area contributed by atoms with Crippen LogP contribution in [0.25, 0.3) is 10.9 Å². The number of rotatable bonds is 14. The van der Waals surface area contributed by atoms with Crippen LogP contribution in [0.5, 0.6) is 23.0 Å². The molecule has 0 aliphatic carbocycles. The van der Waals surface area contributed by atoms with Crippen LogP contribution >= 0.6 is 0 Å². The minimum atomic E-state index is -0.825. The summed E-state index contributed by atoms with van der Waals surface area (Å²) in [5, 5.41) is 2.77. The van der Waals surface area contributed by atoms with Crippen LogP contribution < -0.4 is 29.7 Å². The highest BCUT2D eigenvalue weighted by atomic mass is 19.1. The number of ether oxygens (including phenoxy) is 4. The van der Waals surface area contributed by atoms with Crippen LogP contribution in [0.2, 0.25) is 0 Å². The van der Waals surface area contributed by atoms with Crippen molar-refractivity contribution in [3.63, 3.8) is 0 Å². The van der Waals surface area contributed by atoms with E-state index in [1.54, 1.807) is 43.2 Å². The molecule has 0 spiro atoms. The van der Waals surface area contributed by atoms with Gasteiger partial charge >= 0.3 is 0 Å². The van der Waals surface area contributed by atoms with Gasteiger partial charge in [-0.3, -0.25) is 9.59 Å². The highest BCUT2D eigenvalue weighted by Gasteiger charge is 2.23. The van der Waals surface area contributed by atoms with Crippen molar-refractivity contribution in [2.75, 3.05) is 40.4 Å². The summed E-state index contributed by atoms with van der Waals surface area (Å²) in [5.74, 6) is 0.296. The quantitative estimate of drug-likeness (QED) is 0.211. The van der Waals surface area contributed by atoms with Crippen molar-refractivity contribution in [1.82, 2.24) is 14.8 Å². The lowest BCUT2D eigenvalue weighted by Gasteiger charge is -2.19.